The highest BCUT2D eigenvalue weighted by molar-refractivity contribution is 6.10. The molecule has 0 spiro atoms. The Labute approximate surface area is 183 Å². The maximum absolute atomic E-state index is 13.4. The predicted octanol–water partition coefficient (Wildman–Crippen LogP) is 3.47. The van der Waals surface area contributed by atoms with E-state index in [9.17, 15) is 18.8 Å². The van der Waals surface area contributed by atoms with E-state index >= 15 is 0 Å². The van der Waals surface area contributed by atoms with Crippen molar-refractivity contribution >= 4 is 23.3 Å². The molecule has 0 radical (unpaired) electrons. The van der Waals surface area contributed by atoms with Crippen molar-refractivity contribution in [2.24, 2.45) is 0 Å². The SMILES string of the molecule is CC1(C)Oc2ccc(C(=O)c3ccco3)cc2N(CC(=O)NCc2cccc(F)c2)C1=O. The zero-order chi connectivity index (χ0) is 22.9. The Morgan fingerprint density at radius 3 is 2.62 bits per heavy atom. The lowest BCUT2D eigenvalue weighted by Gasteiger charge is -2.38. The highest BCUT2D eigenvalue weighted by Gasteiger charge is 2.42. The first-order chi connectivity index (χ1) is 15.2. The molecule has 7 nitrogen and oxygen atoms in total. The zero-order valence-electron chi connectivity index (χ0n) is 17.6. The fraction of sp³-hybridized carbons (Fsp3) is 0.208. The number of hydrogen-bond acceptors (Lipinski definition) is 5. The van der Waals surface area contributed by atoms with Crippen molar-refractivity contribution in [1.29, 1.82) is 0 Å². The molecular formula is C24H21FN2O5. The van der Waals surface area contributed by atoms with E-state index in [1.807, 2.05) is 0 Å². The van der Waals surface area contributed by atoms with E-state index in [1.165, 1.54) is 29.4 Å². The van der Waals surface area contributed by atoms with Gasteiger partial charge in [0.25, 0.3) is 5.91 Å². The first-order valence-corrected chi connectivity index (χ1v) is 9.99. The molecule has 0 unspecified atom stereocenters. The molecule has 0 atom stereocenters. The summed E-state index contributed by atoms with van der Waals surface area (Å²) in [6.45, 7) is 3.05. The van der Waals surface area contributed by atoms with Crippen molar-refractivity contribution < 1.29 is 27.9 Å². The number of ketones is 1. The Morgan fingerprint density at radius 1 is 1.09 bits per heavy atom. The van der Waals surface area contributed by atoms with Crippen LogP contribution < -0.4 is 15.0 Å². The number of carbonyl (C=O) groups is 3. The number of halogens is 1. The molecule has 0 saturated heterocycles. The largest absolute Gasteiger partial charge is 0.476 e. The molecule has 1 aromatic heterocycles. The number of carbonyl (C=O) groups excluding carboxylic acids is 3. The molecule has 3 aromatic rings. The second-order valence-electron chi connectivity index (χ2n) is 7.90. The minimum Gasteiger partial charge on any atom is -0.476 e. The quantitative estimate of drug-likeness (QED) is 0.598. The Bertz CT molecular complexity index is 1190. The summed E-state index contributed by atoms with van der Waals surface area (Å²) < 4.78 is 24.3. The first kappa shape index (κ1) is 21.3. The molecule has 2 amide bonds. The molecule has 4 rings (SSSR count). The van der Waals surface area contributed by atoms with E-state index in [0.717, 1.165) is 0 Å². The van der Waals surface area contributed by atoms with E-state index in [2.05, 4.69) is 5.32 Å². The molecule has 0 aliphatic carbocycles. The zero-order valence-corrected chi connectivity index (χ0v) is 17.6. The summed E-state index contributed by atoms with van der Waals surface area (Å²) in [5, 5.41) is 2.69. The van der Waals surface area contributed by atoms with Crippen LogP contribution in [0.15, 0.2) is 65.3 Å². The third-order valence-electron chi connectivity index (χ3n) is 5.06. The molecular weight excluding hydrogens is 415 g/mol. The molecule has 164 valence electrons. The summed E-state index contributed by atoms with van der Waals surface area (Å²) in [6, 6.07) is 13.7. The first-order valence-electron chi connectivity index (χ1n) is 9.99. The van der Waals surface area contributed by atoms with Gasteiger partial charge in [-0.25, -0.2) is 4.39 Å². The van der Waals surface area contributed by atoms with Gasteiger partial charge in [0.1, 0.15) is 18.1 Å². The van der Waals surface area contributed by atoms with Crippen molar-refractivity contribution in [2.45, 2.75) is 26.0 Å². The molecule has 0 bridgehead atoms. The van der Waals surface area contributed by atoms with Crippen molar-refractivity contribution in [3.63, 3.8) is 0 Å². The maximum atomic E-state index is 13.4. The highest BCUT2D eigenvalue weighted by atomic mass is 19.1. The van der Waals surface area contributed by atoms with E-state index in [-0.39, 0.29) is 24.6 Å². The average Bonchev–Trinajstić information content (AvgIpc) is 3.29. The topological polar surface area (TPSA) is 88.8 Å². The molecule has 8 heteroatoms. The van der Waals surface area contributed by atoms with Crippen LogP contribution in [0.5, 0.6) is 5.75 Å². The van der Waals surface area contributed by atoms with Crippen molar-refractivity contribution in [3.05, 3.63) is 83.6 Å². The molecule has 0 fully saturated rings. The van der Waals surface area contributed by atoms with Crippen LogP contribution in [-0.2, 0) is 16.1 Å². The number of amides is 2. The number of fused-ring (bicyclic) bond motifs is 1. The van der Waals surface area contributed by atoms with Crippen LogP contribution in [0.2, 0.25) is 0 Å². The van der Waals surface area contributed by atoms with Crippen molar-refractivity contribution in [2.75, 3.05) is 11.4 Å². The van der Waals surface area contributed by atoms with Gasteiger partial charge in [0, 0.05) is 12.1 Å². The molecule has 32 heavy (non-hydrogen) atoms. The van der Waals surface area contributed by atoms with Gasteiger partial charge in [-0.15, -0.1) is 0 Å². The molecule has 2 heterocycles. The van der Waals surface area contributed by atoms with Gasteiger partial charge in [-0.05, 0) is 61.9 Å². The van der Waals surface area contributed by atoms with Crippen LogP contribution in [0.3, 0.4) is 0 Å². The van der Waals surface area contributed by atoms with Gasteiger partial charge >= 0.3 is 0 Å². The van der Waals surface area contributed by atoms with Crippen LogP contribution in [0.25, 0.3) is 0 Å². The minimum atomic E-state index is -1.19. The van der Waals surface area contributed by atoms with E-state index < -0.39 is 23.2 Å². The summed E-state index contributed by atoms with van der Waals surface area (Å²) in [5.74, 6) is -1.08. The second kappa shape index (κ2) is 8.30. The van der Waals surface area contributed by atoms with Gasteiger partial charge in [0.05, 0.1) is 12.0 Å². The fourth-order valence-corrected chi connectivity index (χ4v) is 3.46. The van der Waals surface area contributed by atoms with Crippen LogP contribution in [0.4, 0.5) is 10.1 Å². The van der Waals surface area contributed by atoms with Gasteiger partial charge in [-0.2, -0.15) is 0 Å². The monoisotopic (exact) mass is 436 g/mol. The van der Waals surface area contributed by atoms with Gasteiger partial charge in [0.2, 0.25) is 11.7 Å². The fourth-order valence-electron chi connectivity index (χ4n) is 3.46. The lowest BCUT2D eigenvalue weighted by atomic mass is 10.0. The van der Waals surface area contributed by atoms with Crippen molar-refractivity contribution in [1.82, 2.24) is 5.32 Å². The number of furan rings is 1. The summed E-state index contributed by atoms with van der Waals surface area (Å²) >= 11 is 0. The molecule has 1 aliphatic rings. The number of nitrogens with one attached hydrogen (secondary N) is 1. The predicted molar refractivity (Wildman–Crippen MR) is 114 cm³/mol. The Balaban J connectivity index is 1.58. The summed E-state index contributed by atoms with van der Waals surface area (Å²) in [5.41, 5.74) is 0.00821. The lowest BCUT2D eigenvalue weighted by Crippen LogP contribution is -2.55. The van der Waals surface area contributed by atoms with E-state index in [1.54, 1.807) is 50.2 Å². The third kappa shape index (κ3) is 4.25. The van der Waals surface area contributed by atoms with Crippen LogP contribution >= 0.6 is 0 Å². The minimum absolute atomic E-state index is 0.113. The third-order valence-corrected chi connectivity index (χ3v) is 5.06. The molecule has 0 saturated carbocycles. The highest BCUT2D eigenvalue weighted by Crippen LogP contribution is 2.38. The van der Waals surface area contributed by atoms with Gasteiger partial charge in [-0.1, -0.05) is 12.1 Å². The average molecular weight is 436 g/mol. The number of benzene rings is 2. The Kier molecular flexibility index (Phi) is 5.52. The van der Waals surface area contributed by atoms with E-state index in [4.69, 9.17) is 9.15 Å². The summed E-state index contributed by atoms with van der Waals surface area (Å²) in [6.07, 6.45) is 1.40. The van der Waals surface area contributed by atoms with Crippen molar-refractivity contribution in [3.8, 4) is 5.75 Å². The van der Waals surface area contributed by atoms with E-state index in [0.29, 0.717) is 22.6 Å². The standard InChI is InChI=1S/C24H21FN2O5/c1-24(2)23(30)27(14-21(28)26-13-15-5-3-6-17(25)11-15)18-12-16(8-9-19(18)32-24)22(29)20-7-4-10-31-20/h3-12H,13-14H2,1-2H3,(H,26,28). The number of rotatable bonds is 6. The summed E-state index contributed by atoms with van der Waals surface area (Å²) in [7, 11) is 0. The number of ether oxygens (including phenoxy) is 1. The summed E-state index contributed by atoms with van der Waals surface area (Å²) in [4.78, 5) is 39.6. The molecule has 2 aromatic carbocycles. The number of hydrogen-bond donors (Lipinski definition) is 1. The smallest absolute Gasteiger partial charge is 0.271 e. The number of nitrogens with zero attached hydrogens (tertiary/aromatic N) is 1. The van der Waals surface area contributed by atoms with Crippen LogP contribution in [-0.4, -0.2) is 29.7 Å². The molecule has 1 aliphatic heterocycles. The van der Waals surface area contributed by atoms with Crippen LogP contribution in [0, 0.1) is 5.82 Å². The normalized spacial score (nSPS) is 14.5. The van der Waals surface area contributed by atoms with Gasteiger partial charge in [-0.3, -0.25) is 19.3 Å². The molecule has 1 N–H and O–H groups in total. The van der Waals surface area contributed by atoms with Crippen LogP contribution in [0.1, 0.15) is 35.5 Å². The number of anilines is 1. The van der Waals surface area contributed by atoms with Gasteiger partial charge < -0.3 is 14.5 Å². The Morgan fingerprint density at radius 2 is 1.91 bits per heavy atom. The maximum Gasteiger partial charge on any atom is 0.271 e. The van der Waals surface area contributed by atoms with Gasteiger partial charge in [0.15, 0.2) is 11.4 Å². The Hall–Kier alpha value is -3.94. The lowest BCUT2D eigenvalue weighted by molar-refractivity contribution is -0.134. The second-order valence-corrected chi connectivity index (χ2v) is 7.90.